The lowest BCUT2D eigenvalue weighted by Gasteiger charge is -2.06. The van der Waals surface area contributed by atoms with Gasteiger partial charge in [0.05, 0.1) is 17.3 Å². The molecule has 0 aliphatic heterocycles. The first kappa shape index (κ1) is 19.1. The van der Waals surface area contributed by atoms with Gasteiger partial charge in [0.2, 0.25) is 0 Å². The Morgan fingerprint density at radius 2 is 1.93 bits per heavy atom. The normalized spacial score (nSPS) is 11.6. The van der Waals surface area contributed by atoms with Crippen LogP contribution in [-0.2, 0) is 20.9 Å². The number of carbonyl (C=O) groups excluding carboxylic acids is 2. The van der Waals surface area contributed by atoms with Crippen LogP contribution in [0.2, 0.25) is 5.02 Å². The number of nitrogens with zero attached hydrogens (tertiary/aromatic N) is 2. The predicted molar refractivity (Wildman–Crippen MR) is 104 cm³/mol. The molecule has 6 nitrogen and oxygen atoms in total. The van der Waals surface area contributed by atoms with E-state index in [1.54, 1.807) is 28.8 Å². The Morgan fingerprint density at radius 1 is 1.19 bits per heavy atom. The van der Waals surface area contributed by atoms with Crippen LogP contribution >= 0.6 is 22.9 Å². The van der Waals surface area contributed by atoms with Gasteiger partial charge >= 0.3 is 5.97 Å². The van der Waals surface area contributed by atoms with Crippen molar-refractivity contribution < 1.29 is 19.1 Å². The number of hydrogen-bond donors (Lipinski definition) is 0. The largest absolute Gasteiger partial charge is 0.484 e. The highest BCUT2D eigenvalue weighted by molar-refractivity contribution is 7.16. The molecule has 0 spiro atoms. The van der Waals surface area contributed by atoms with E-state index in [0.29, 0.717) is 15.6 Å². The van der Waals surface area contributed by atoms with E-state index < -0.39 is 11.9 Å². The van der Waals surface area contributed by atoms with Crippen LogP contribution in [0, 0.1) is 6.92 Å². The van der Waals surface area contributed by atoms with Crippen molar-refractivity contribution in [3.05, 3.63) is 57.9 Å². The van der Waals surface area contributed by atoms with Gasteiger partial charge in [-0.2, -0.15) is 4.99 Å². The van der Waals surface area contributed by atoms with Gasteiger partial charge in [-0.3, -0.25) is 9.59 Å². The Labute approximate surface area is 164 Å². The van der Waals surface area contributed by atoms with Gasteiger partial charge in [0.25, 0.3) is 5.91 Å². The van der Waals surface area contributed by atoms with Gasteiger partial charge in [0.1, 0.15) is 12.3 Å². The maximum Gasteiger partial charge on any atom is 0.325 e. The summed E-state index contributed by atoms with van der Waals surface area (Å²) in [5, 5.41) is 0.586. The van der Waals surface area contributed by atoms with E-state index in [1.165, 1.54) is 18.4 Å². The molecule has 1 amide bonds. The van der Waals surface area contributed by atoms with Crippen molar-refractivity contribution in [3.8, 4) is 5.75 Å². The van der Waals surface area contributed by atoms with Gasteiger partial charge in [-0.05, 0) is 42.8 Å². The minimum atomic E-state index is -0.451. The topological polar surface area (TPSA) is 69.9 Å². The van der Waals surface area contributed by atoms with E-state index >= 15 is 0 Å². The number of fused-ring (bicyclic) bond motifs is 1. The molecule has 0 N–H and O–H groups in total. The summed E-state index contributed by atoms with van der Waals surface area (Å²) in [6.45, 7) is 1.71. The molecular formula is C19H17ClN2O4S. The predicted octanol–water partition coefficient (Wildman–Crippen LogP) is 3.34. The maximum atomic E-state index is 12.3. The molecular weight excluding hydrogens is 388 g/mol. The van der Waals surface area contributed by atoms with Gasteiger partial charge in [0, 0.05) is 5.02 Å². The second kappa shape index (κ2) is 8.37. The zero-order chi connectivity index (χ0) is 19.4. The van der Waals surface area contributed by atoms with Crippen LogP contribution in [0.15, 0.2) is 47.5 Å². The van der Waals surface area contributed by atoms with Gasteiger partial charge in [-0.25, -0.2) is 0 Å². The van der Waals surface area contributed by atoms with Gasteiger partial charge in [0.15, 0.2) is 11.4 Å². The zero-order valence-corrected chi connectivity index (χ0v) is 16.3. The third kappa shape index (κ3) is 4.56. The second-order valence-electron chi connectivity index (χ2n) is 5.72. The van der Waals surface area contributed by atoms with Crippen molar-refractivity contribution in [2.75, 3.05) is 13.7 Å². The molecule has 8 heteroatoms. The standard InChI is InChI=1S/C19H17ClN2O4S/c1-12-4-3-5-15-18(12)22(10-17(24)25-2)19(27-15)21-16(23)11-26-14-8-6-13(20)7-9-14/h3-9H,10-11H2,1-2H3. The second-order valence-corrected chi connectivity index (χ2v) is 7.16. The number of hydrogen-bond acceptors (Lipinski definition) is 5. The number of amides is 1. The van der Waals surface area contributed by atoms with Crippen molar-refractivity contribution in [3.63, 3.8) is 0 Å². The summed E-state index contributed by atoms with van der Waals surface area (Å²) in [4.78, 5) is 28.7. The lowest BCUT2D eigenvalue weighted by atomic mass is 10.2. The number of para-hydroxylation sites is 1. The zero-order valence-electron chi connectivity index (χ0n) is 14.8. The third-order valence-electron chi connectivity index (χ3n) is 3.81. The number of halogens is 1. The Hall–Kier alpha value is -2.64. The number of aromatic nitrogens is 1. The van der Waals surface area contributed by atoms with Crippen LogP contribution in [0.1, 0.15) is 5.56 Å². The molecule has 3 aromatic rings. The molecule has 140 valence electrons. The number of carbonyl (C=O) groups is 2. The summed E-state index contributed by atoms with van der Waals surface area (Å²) in [5.74, 6) is -0.338. The molecule has 0 saturated heterocycles. The molecule has 1 aromatic heterocycles. The van der Waals surface area contributed by atoms with E-state index in [9.17, 15) is 9.59 Å². The fourth-order valence-electron chi connectivity index (χ4n) is 2.55. The summed E-state index contributed by atoms with van der Waals surface area (Å²) in [7, 11) is 1.33. The third-order valence-corrected chi connectivity index (χ3v) is 5.11. The monoisotopic (exact) mass is 404 g/mol. The van der Waals surface area contributed by atoms with Crippen LogP contribution in [-0.4, -0.2) is 30.2 Å². The lowest BCUT2D eigenvalue weighted by molar-refractivity contribution is -0.141. The summed E-state index contributed by atoms with van der Waals surface area (Å²) < 4.78 is 12.8. The summed E-state index contributed by atoms with van der Waals surface area (Å²) >= 11 is 7.16. The van der Waals surface area contributed by atoms with E-state index in [1.807, 2.05) is 25.1 Å². The Bertz CT molecular complexity index is 1050. The summed E-state index contributed by atoms with van der Waals surface area (Å²) in [6.07, 6.45) is 0. The molecule has 27 heavy (non-hydrogen) atoms. The number of rotatable bonds is 5. The van der Waals surface area contributed by atoms with Gasteiger partial charge < -0.3 is 14.0 Å². The molecule has 0 fully saturated rings. The van der Waals surface area contributed by atoms with Gasteiger partial charge in [-0.15, -0.1) is 0 Å². The highest BCUT2D eigenvalue weighted by Crippen LogP contribution is 2.21. The number of aryl methyl sites for hydroxylation is 1. The van der Waals surface area contributed by atoms with Crippen LogP contribution < -0.4 is 9.54 Å². The minimum Gasteiger partial charge on any atom is -0.484 e. The Morgan fingerprint density at radius 3 is 2.63 bits per heavy atom. The van der Waals surface area contributed by atoms with E-state index in [0.717, 1.165) is 15.8 Å². The first-order valence-electron chi connectivity index (χ1n) is 8.09. The van der Waals surface area contributed by atoms with Crippen molar-refractivity contribution in [2.24, 2.45) is 4.99 Å². The van der Waals surface area contributed by atoms with Crippen LogP contribution in [0.25, 0.3) is 10.2 Å². The average molecular weight is 405 g/mol. The quantitative estimate of drug-likeness (QED) is 0.611. The van der Waals surface area contributed by atoms with Crippen LogP contribution in [0.5, 0.6) is 5.75 Å². The SMILES string of the molecule is COC(=O)Cn1c(=NC(=O)COc2ccc(Cl)cc2)sc2cccc(C)c21. The van der Waals surface area contributed by atoms with Crippen LogP contribution in [0.4, 0.5) is 0 Å². The molecule has 2 aromatic carbocycles. The average Bonchev–Trinajstić information content (AvgIpc) is 2.99. The van der Waals surface area contributed by atoms with Crippen molar-refractivity contribution in [1.29, 1.82) is 0 Å². The molecule has 0 saturated carbocycles. The number of esters is 1. The molecule has 0 unspecified atom stereocenters. The molecule has 1 heterocycles. The highest BCUT2D eigenvalue weighted by Gasteiger charge is 2.13. The first-order valence-corrected chi connectivity index (χ1v) is 9.29. The Balaban J connectivity index is 1.90. The first-order chi connectivity index (χ1) is 13.0. The Kier molecular flexibility index (Phi) is 5.93. The van der Waals surface area contributed by atoms with E-state index in [-0.39, 0.29) is 13.2 Å². The molecule has 3 rings (SSSR count). The maximum absolute atomic E-state index is 12.3. The summed E-state index contributed by atoms with van der Waals surface area (Å²) in [5.41, 5.74) is 1.84. The molecule has 0 aliphatic rings. The number of ether oxygens (including phenoxy) is 2. The van der Waals surface area contributed by atoms with Gasteiger partial charge in [-0.1, -0.05) is 35.1 Å². The lowest BCUT2D eigenvalue weighted by Crippen LogP contribution is -2.23. The molecule has 0 aliphatic carbocycles. The van der Waals surface area contributed by atoms with E-state index in [4.69, 9.17) is 21.1 Å². The fourth-order valence-corrected chi connectivity index (χ4v) is 3.80. The van der Waals surface area contributed by atoms with Crippen molar-refractivity contribution >= 4 is 45.0 Å². The number of methoxy groups -OCH3 is 1. The molecule has 0 bridgehead atoms. The minimum absolute atomic E-state index is 0.0223. The number of thiazole rings is 1. The van der Waals surface area contributed by atoms with Crippen molar-refractivity contribution in [1.82, 2.24) is 4.57 Å². The van der Waals surface area contributed by atoms with Crippen molar-refractivity contribution in [2.45, 2.75) is 13.5 Å². The molecule has 0 radical (unpaired) electrons. The molecule has 0 atom stereocenters. The smallest absolute Gasteiger partial charge is 0.325 e. The summed E-state index contributed by atoms with van der Waals surface area (Å²) in [6, 6.07) is 12.5. The highest BCUT2D eigenvalue weighted by atomic mass is 35.5. The fraction of sp³-hybridized carbons (Fsp3) is 0.211. The number of benzene rings is 2. The van der Waals surface area contributed by atoms with E-state index in [2.05, 4.69) is 4.99 Å². The van der Waals surface area contributed by atoms with Crippen LogP contribution in [0.3, 0.4) is 0 Å².